The maximum atomic E-state index is 12.7. The molecule has 0 radical (unpaired) electrons. The molecule has 0 aliphatic carbocycles. The van der Waals surface area contributed by atoms with Gasteiger partial charge in [0.2, 0.25) is 11.8 Å². The van der Waals surface area contributed by atoms with E-state index in [4.69, 9.17) is 9.47 Å². The second-order valence-corrected chi connectivity index (χ2v) is 7.88. The summed E-state index contributed by atoms with van der Waals surface area (Å²) < 4.78 is 51.2. The molecule has 1 fully saturated rings. The number of hydrogen-bond donors (Lipinski definition) is 1. The van der Waals surface area contributed by atoms with Crippen molar-refractivity contribution in [1.29, 1.82) is 0 Å². The van der Waals surface area contributed by atoms with Gasteiger partial charge in [-0.2, -0.15) is 13.2 Å². The second kappa shape index (κ2) is 8.79. The number of benzene rings is 2. The molecular formula is C24H19F3N4O3. The van der Waals surface area contributed by atoms with E-state index in [0.29, 0.717) is 36.1 Å². The van der Waals surface area contributed by atoms with E-state index in [1.54, 1.807) is 24.3 Å². The van der Waals surface area contributed by atoms with E-state index in [0.717, 1.165) is 23.2 Å². The molecule has 1 N–H and O–H groups in total. The predicted octanol–water partition coefficient (Wildman–Crippen LogP) is 4.99. The lowest BCUT2D eigenvalue weighted by atomic mass is 10.1. The second-order valence-electron chi connectivity index (χ2n) is 7.88. The van der Waals surface area contributed by atoms with Crippen LogP contribution in [0.25, 0.3) is 11.0 Å². The number of anilines is 1. The molecule has 2 aromatic heterocycles. The molecule has 0 atom stereocenters. The molecular weight excluding hydrogens is 449 g/mol. The number of fused-ring (bicyclic) bond motifs is 1. The van der Waals surface area contributed by atoms with E-state index in [9.17, 15) is 18.0 Å². The number of carbonyl (C=O) groups is 1. The van der Waals surface area contributed by atoms with Crippen molar-refractivity contribution in [2.24, 2.45) is 0 Å². The molecule has 34 heavy (non-hydrogen) atoms. The van der Waals surface area contributed by atoms with Gasteiger partial charge < -0.3 is 19.4 Å². The minimum Gasteiger partial charge on any atom is -0.438 e. The first-order chi connectivity index (χ1) is 16.4. The Morgan fingerprint density at radius 3 is 2.44 bits per heavy atom. The first-order valence-electron chi connectivity index (χ1n) is 10.5. The van der Waals surface area contributed by atoms with Crippen LogP contribution in [0.3, 0.4) is 0 Å². The number of halogens is 3. The van der Waals surface area contributed by atoms with Crippen LogP contribution in [0.1, 0.15) is 17.2 Å². The number of carbonyl (C=O) groups excluding carboxylic acids is 1. The van der Waals surface area contributed by atoms with Gasteiger partial charge in [-0.15, -0.1) is 0 Å². The number of nitrogens with one attached hydrogen (secondary N) is 1. The van der Waals surface area contributed by atoms with E-state index < -0.39 is 11.7 Å². The van der Waals surface area contributed by atoms with Crippen LogP contribution in [0.2, 0.25) is 0 Å². The first kappa shape index (κ1) is 21.9. The molecule has 0 spiro atoms. The lowest BCUT2D eigenvalue weighted by Crippen LogP contribution is -2.30. The maximum absolute atomic E-state index is 12.7. The van der Waals surface area contributed by atoms with Gasteiger partial charge in [0, 0.05) is 11.9 Å². The smallest absolute Gasteiger partial charge is 0.416 e. The number of rotatable bonds is 6. The molecule has 4 aromatic rings. The third-order valence-electron chi connectivity index (χ3n) is 5.49. The zero-order chi connectivity index (χ0) is 23.7. The van der Waals surface area contributed by atoms with Crippen molar-refractivity contribution in [3.63, 3.8) is 0 Å². The summed E-state index contributed by atoms with van der Waals surface area (Å²) in [4.78, 5) is 20.9. The summed E-state index contributed by atoms with van der Waals surface area (Å²) in [6, 6.07) is 13.4. The fraction of sp³-hybridized carbons (Fsp3) is 0.208. The maximum Gasteiger partial charge on any atom is 0.416 e. The highest BCUT2D eigenvalue weighted by atomic mass is 19.4. The zero-order valence-electron chi connectivity index (χ0n) is 17.7. The van der Waals surface area contributed by atoms with Crippen LogP contribution in [0.4, 0.5) is 18.9 Å². The average Bonchev–Trinajstić information content (AvgIpc) is 3.18. The van der Waals surface area contributed by atoms with Gasteiger partial charge in [0.05, 0.1) is 36.6 Å². The molecule has 1 amide bonds. The molecule has 3 heterocycles. The SMILES string of the molecule is O=C(Cc1ccc(C(F)(F)F)cc1)Nc1ccc(Oc2ncnc3c2ccn3C2COC2)cc1. The van der Waals surface area contributed by atoms with Gasteiger partial charge in [-0.25, -0.2) is 9.97 Å². The summed E-state index contributed by atoms with van der Waals surface area (Å²) in [5.41, 5.74) is 1.04. The minimum absolute atomic E-state index is 0.0433. The van der Waals surface area contributed by atoms with Crippen LogP contribution in [0.15, 0.2) is 67.1 Å². The van der Waals surface area contributed by atoms with Crippen molar-refractivity contribution >= 4 is 22.6 Å². The lowest BCUT2D eigenvalue weighted by Gasteiger charge is -2.27. The van der Waals surface area contributed by atoms with Crippen LogP contribution >= 0.6 is 0 Å². The third-order valence-corrected chi connectivity index (χ3v) is 5.49. The van der Waals surface area contributed by atoms with Crippen molar-refractivity contribution in [1.82, 2.24) is 14.5 Å². The Balaban J connectivity index is 1.22. The molecule has 0 bridgehead atoms. The molecule has 0 unspecified atom stereocenters. The quantitative estimate of drug-likeness (QED) is 0.431. The Morgan fingerprint density at radius 2 is 1.79 bits per heavy atom. The van der Waals surface area contributed by atoms with Crippen LogP contribution in [-0.4, -0.2) is 33.7 Å². The van der Waals surface area contributed by atoms with Crippen molar-refractivity contribution in [2.75, 3.05) is 18.5 Å². The Labute approximate surface area is 192 Å². The van der Waals surface area contributed by atoms with Crippen LogP contribution in [0, 0.1) is 0 Å². The summed E-state index contributed by atoms with van der Waals surface area (Å²) in [6.45, 7) is 1.30. The number of nitrogens with zero attached hydrogens (tertiary/aromatic N) is 3. The van der Waals surface area contributed by atoms with Gasteiger partial charge in [-0.3, -0.25) is 4.79 Å². The molecule has 174 valence electrons. The number of ether oxygens (including phenoxy) is 2. The van der Waals surface area contributed by atoms with Crippen molar-refractivity contribution in [2.45, 2.75) is 18.6 Å². The van der Waals surface area contributed by atoms with Crippen molar-refractivity contribution in [3.05, 3.63) is 78.2 Å². The van der Waals surface area contributed by atoms with Gasteiger partial charge in [0.25, 0.3) is 0 Å². The number of alkyl halides is 3. The standard InChI is InChI=1S/C24H19F3N4O3/c25-24(26,27)16-3-1-15(2-4-16)11-21(32)30-17-5-7-19(8-6-17)34-23-20-9-10-31(18-12-33-13-18)22(20)28-14-29-23/h1-10,14,18H,11-13H2,(H,30,32). The topological polar surface area (TPSA) is 78.3 Å². The first-order valence-corrected chi connectivity index (χ1v) is 10.5. The summed E-state index contributed by atoms with van der Waals surface area (Å²) in [6.07, 6.45) is -1.06. The zero-order valence-corrected chi connectivity index (χ0v) is 17.7. The summed E-state index contributed by atoms with van der Waals surface area (Å²) in [5, 5.41) is 3.51. The molecule has 10 heteroatoms. The summed E-state index contributed by atoms with van der Waals surface area (Å²) >= 11 is 0. The third kappa shape index (κ3) is 4.58. The fourth-order valence-electron chi connectivity index (χ4n) is 3.63. The lowest BCUT2D eigenvalue weighted by molar-refractivity contribution is -0.137. The van der Waals surface area contributed by atoms with E-state index in [1.165, 1.54) is 18.5 Å². The monoisotopic (exact) mass is 468 g/mol. The van der Waals surface area contributed by atoms with Crippen LogP contribution in [0.5, 0.6) is 11.6 Å². The largest absolute Gasteiger partial charge is 0.438 e. The van der Waals surface area contributed by atoms with Gasteiger partial charge in [0.15, 0.2) is 0 Å². The Hall–Kier alpha value is -3.92. The number of amides is 1. The fourth-order valence-corrected chi connectivity index (χ4v) is 3.63. The highest BCUT2D eigenvalue weighted by molar-refractivity contribution is 5.92. The molecule has 1 aliphatic heterocycles. The normalized spacial score (nSPS) is 14.1. The Morgan fingerprint density at radius 1 is 1.06 bits per heavy atom. The molecule has 0 saturated carbocycles. The van der Waals surface area contributed by atoms with E-state index in [-0.39, 0.29) is 18.4 Å². The van der Waals surface area contributed by atoms with Gasteiger partial charge >= 0.3 is 6.18 Å². The Bertz CT molecular complexity index is 1310. The van der Waals surface area contributed by atoms with Crippen molar-refractivity contribution in [3.8, 4) is 11.6 Å². The van der Waals surface area contributed by atoms with Gasteiger partial charge in [0.1, 0.15) is 17.7 Å². The summed E-state index contributed by atoms with van der Waals surface area (Å²) in [7, 11) is 0. The molecule has 2 aromatic carbocycles. The number of hydrogen-bond acceptors (Lipinski definition) is 5. The number of aromatic nitrogens is 3. The molecule has 5 rings (SSSR count). The predicted molar refractivity (Wildman–Crippen MR) is 118 cm³/mol. The van der Waals surface area contributed by atoms with Crippen molar-refractivity contribution < 1.29 is 27.4 Å². The summed E-state index contributed by atoms with van der Waals surface area (Å²) in [5.74, 6) is 0.607. The van der Waals surface area contributed by atoms with Gasteiger partial charge in [-0.1, -0.05) is 12.1 Å². The molecule has 7 nitrogen and oxygen atoms in total. The van der Waals surface area contributed by atoms with E-state index >= 15 is 0 Å². The average molecular weight is 468 g/mol. The van der Waals surface area contributed by atoms with Gasteiger partial charge in [-0.05, 0) is 48.0 Å². The van der Waals surface area contributed by atoms with E-state index in [1.807, 2.05) is 16.8 Å². The minimum atomic E-state index is -4.41. The van der Waals surface area contributed by atoms with E-state index in [2.05, 4.69) is 15.3 Å². The highest BCUT2D eigenvalue weighted by Crippen LogP contribution is 2.31. The molecule has 1 saturated heterocycles. The molecule has 1 aliphatic rings. The highest BCUT2D eigenvalue weighted by Gasteiger charge is 2.30. The van der Waals surface area contributed by atoms with Crippen LogP contribution in [-0.2, 0) is 22.1 Å². The van der Waals surface area contributed by atoms with Crippen LogP contribution < -0.4 is 10.1 Å². The Kier molecular flexibility index (Phi) is 5.66.